The van der Waals surface area contributed by atoms with Gasteiger partial charge in [-0.1, -0.05) is 35.9 Å². The second-order valence-electron chi connectivity index (χ2n) is 8.73. The van der Waals surface area contributed by atoms with Gasteiger partial charge in [-0.3, -0.25) is 4.79 Å². The van der Waals surface area contributed by atoms with Crippen LogP contribution in [0.2, 0.25) is 5.02 Å². The van der Waals surface area contributed by atoms with Crippen molar-refractivity contribution < 1.29 is 28.5 Å². The van der Waals surface area contributed by atoms with Crippen molar-refractivity contribution in [2.75, 3.05) is 26.4 Å². The largest absolute Gasteiger partial charge is 0.513 e. The zero-order valence-corrected chi connectivity index (χ0v) is 20.4. The van der Waals surface area contributed by atoms with Crippen molar-refractivity contribution in [3.8, 4) is 11.1 Å². The van der Waals surface area contributed by atoms with E-state index in [9.17, 15) is 9.59 Å². The molecule has 1 fully saturated rings. The summed E-state index contributed by atoms with van der Waals surface area (Å²) in [5.74, 6) is -0.0155. The Morgan fingerprint density at radius 3 is 2.47 bits per heavy atom. The summed E-state index contributed by atoms with van der Waals surface area (Å²) in [5, 5.41) is 0.649. The molecular formula is C27H29ClO6. The molecule has 2 heterocycles. The van der Waals surface area contributed by atoms with Crippen LogP contribution < -0.4 is 0 Å². The van der Waals surface area contributed by atoms with E-state index in [1.807, 2.05) is 56.3 Å². The number of hydrogen-bond donors (Lipinski definition) is 0. The van der Waals surface area contributed by atoms with Gasteiger partial charge in [0, 0.05) is 18.2 Å². The standard InChI is InChI=1S/C27H29ClO6/c1-4-32-26(30)34-23-16-33-27(3,20-11-13-31-14-12-20)25(29)24(23)22-15-19(6-5-17(22)2)18-7-9-21(28)10-8-18/h5-10,15,20H,4,11-14,16H2,1-3H3. The molecular weight excluding hydrogens is 456 g/mol. The molecule has 1 saturated heterocycles. The molecule has 4 rings (SSSR count). The summed E-state index contributed by atoms with van der Waals surface area (Å²) in [4.78, 5) is 26.3. The highest BCUT2D eigenvalue weighted by atomic mass is 35.5. The van der Waals surface area contributed by atoms with Gasteiger partial charge in [-0.25, -0.2) is 4.79 Å². The average Bonchev–Trinajstić information content (AvgIpc) is 2.84. The van der Waals surface area contributed by atoms with Crippen molar-refractivity contribution in [3.63, 3.8) is 0 Å². The molecule has 180 valence electrons. The van der Waals surface area contributed by atoms with Gasteiger partial charge in [0.25, 0.3) is 0 Å². The Morgan fingerprint density at radius 1 is 1.12 bits per heavy atom. The monoisotopic (exact) mass is 484 g/mol. The Kier molecular flexibility index (Phi) is 7.41. The van der Waals surface area contributed by atoms with E-state index in [2.05, 4.69) is 0 Å². The minimum atomic E-state index is -1.04. The van der Waals surface area contributed by atoms with E-state index in [4.69, 9.17) is 30.5 Å². The third kappa shape index (κ3) is 4.90. The van der Waals surface area contributed by atoms with Crippen LogP contribution in [-0.4, -0.2) is 44.0 Å². The summed E-state index contributed by atoms with van der Waals surface area (Å²) in [6.45, 7) is 6.82. The molecule has 0 N–H and O–H groups in total. The third-order valence-corrected chi connectivity index (χ3v) is 6.87. The number of Topliss-reactive ketones (excluding diaryl/α,β-unsaturated/α-hetero) is 1. The van der Waals surface area contributed by atoms with Crippen molar-refractivity contribution in [1.82, 2.24) is 0 Å². The fraction of sp³-hybridized carbons (Fsp3) is 0.407. The van der Waals surface area contributed by atoms with E-state index in [1.54, 1.807) is 6.92 Å². The highest BCUT2D eigenvalue weighted by Gasteiger charge is 2.48. The zero-order chi connectivity index (χ0) is 24.3. The molecule has 0 radical (unpaired) electrons. The SMILES string of the molecule is CCOC(=O)OC1=C(c2cc(-c3ccc(Cl)cc3)ccc2C)C(=O)C(C)(C2CCOCC2)OC1. The van der Waals surface area contributed by atoms with Gasteiger partial charge in [0.1, 0.15) is 18.0 Å². The molecule has 2 aliphatic heterocycles. The predicted octanol–water partition coefficient (Wildman–Crippen LogP) is 5.98. The zero-order valence-electron chi connectivity index (χ0n) is 19.7. The molecule has 2 aromatic rings. The lowest BCUT2D eigenvalue weighted by Gasteiger charge is -2.41. The van der Waals surface area contributed by atoms with Gasteiger partial charge < -0.3 is 18.9 Å². The van der Waals surface area contributed by atoms with Crippen molar-refractivity contribution in [1.29, 1.82) is 0 Å². The first-order valence-corrected chi connectivity index (χ1v) is 11.9. The fourth-order valence-electron chi connectivity index (χ4n) is 4.59. The quantitative estimate of drug-likeness (QED) is 0.486. The van der Waals surface area contributed by atoms with Gasteiger partial charge in [0.15, 0.2) is 5.78 Å². The van der Waals surface area contributed by atoms with Gasteiger partial charge in [-0.2, -0.15) is 0 Å². The first-order chi connectivity index (χ1) is 16.3. The van der Waals surface area contributed by atoms with Crippen molar-refractivity contribution in [2.24, 2.45) is 5.92 Å². The molecule has 1 atom stereocenters. The van der Waals surface area contributed by atoms with Gasteiger partial charge >= 0.3 is 6.16 Å². The lowest BCUT2D eigenvalue weighted by molar-refractivity contribution is -0.152. The van der Waals surface area contributed by atoms with Gasteiger partial charge in [0.2, 0.25) is 0 Å². The summed E-state index contributed by atoms with van der Waals surface area (Å²) in [5.41, 5.74) is 2.81. The number of carbonyl (C=O) groups is 2. The van der Waals surface area contributed by atoms with Crippen LogP contribution in [0.15, 0.2) is 48.2 Å². The van der Waals surface area contributed by atoms with Gasteiger partial charge in [0.05, 0.1) is 12.2 Å². The topological polar surface area (TPSA) is 71.1 Å². The third-order valence-electron chi connectivity index (χ3n) is 6.61. The van der Waals surface area contributed by atoms with E-state index in [-0.39, 0.29) is 30.7 Å². The van der Waals surface area contributed by atoms with Crippen LogP contribution in [0.1, 0.15) is 37.8 Å². The van der Waals surface area contributed by atoms with Crippen LogP contribution >= 0.6 is 11.6 Å². The highest BCUT2D eigenvalue weighted by Crippen LogP contribution is 2.42. The van der Waals surface area contributed by atoms with E-state index in [0.717, 1.165) is 29.5 Å². The summed E-state index contributed by atoms with van der Waals surface area (Å²) in [6.07, 6.45) is 0.605. The molecule has 0 amide bonds. The smallest absolute Gasteiger partial charge is 0.434 e. The van der Waals surface area contributed by atoms with Crippen molar-refractivity contribution >= 4 is 29.1 Å². The molecule has 2 aliphatic rings. The Bertz CT molecular complexity index is 1100. The number of carbonyl (C=O) groups excluding carboxylic acids is 2. The Morgan fingerprint density at radius 2 is 1.79 bits per heavy atom. The number of ketones is 1. The predicted molar refractivity (Wildman–Crippen MR) is 130 cm³/mol. The first-order valence-electron chi connectivity index (χ1n) is 11.5. The maximum atomic E-state index is 14.1. The Balaban J connectivity index is 1.81. The highest BCUT2D eigenvalue weighted by molar-refractivity contribution is 6.30. The molecule has 7 heteroatoms. The van der Waals surface area contributed by atoms with Crippen LogP contribution in [-0.2, 0) is 23.7 Å². The average molecular weight is 485 g/mol. The maximum absolute atomic E-state index is 14.1. The van der Waals surface area contributed by atoms with E-state index in [1.165, 1.54) is 0 Å². The normalized spacial score (nSPS) is 21.5. The number of halogens is 1. The number of hydrogen-bond acceptors (Lipinski definition) is 6. The van der Waals surface area contributed by atoms with E-state index in [0.29, 0.717) is 29.4 Å². The van der Waals surface area contributed by atoms with Crippen LogP contribution in [0.5, 0.6) is 0 Å². The lowest BCUT2D eigenvalue weighted by Crippen LogP contribution is -2.51. The summed E-state index contributed by atoms with van der Waals surface area (Å²) in [6, 6.07) is 13.4. The second kappa shape index (κ2) is 10.3. The van der Waals surface area contributed by atoms with E-state index >= 15 is 0 Å². The molecule has 1 unspecified atom stereocenters. The molecule has 34 heavy (non-hydrogen) atoms. The fourth-order valence-corrected chi connectivity index (χ4v) is 4.72. The maximum Gasteiger partial charge on any atom is 0.513 e. The molecule has 0 saturated carbocycles. The minimum Gasteiger partial charge on any atom is -0.434 e. The van der Waals surface area contributed by atoms with Gasteiger partial charge in [-0.05, 0) is 80.0 Å². The number of ether oxygens (including phenoxy) is 4. The molecule has 0 spiro atoms. The van der Waals surface area contributed by atoms with Crippen LogP contribution in [0, 0.1) is 12.8 Å². The van der Waals surface area contributed by atoms with Crippen LogP contribution in [0.25, 0.3) is 16.7 Å². The molecule has 0 aromatic heterocycles. The Hall–Kier alpha value is -2.67. The molecule has 0 aliphatic carbocycles. The lowest BCUT2D eigenvalue weighted by atomic mass is 9.74. The summed E-state index contributed by atoms with van der Waals surface area (Å²) >= 11 is 6.06. The summed E-state index contributed by atoms with van der Waals surface area (Å²) < 4.78 is 22.1. The molecule has 6 nitrogen and oxygen atoms in total. The molecule has 0 bridgehead atoms. The van der Waals surface area contributed by atoms with Gasteiger partial charge in [-0.15, -0.1) is 0 Å². The second-order valence-corrected chi connectivity index (χ2v) is 9.17. The van der Waals surface area contributed by atoms with E-state index < -0.39 is 11.8 Å². The van der Waals surface area contributed by atoms with Crippen LogP contribution in [0.3, 0.4) is 0 Å². The van der Waals surface area contributed by atoms with Crippen molar-refractivity contribution in [3.05, 3.63) is 64.4 Å². The Labute approximate surface area is 204 Å². The van der Waals surface area contributed by atoms with Crippen LogP contribution in [0.4, 0.5) is 4.79 Å². The number of rotatable bonds is 5. The number of benzene rings is 2. The van der Waals surface area contributed by atoms with Crippen molar-refractivity contribution in [2.45, 2.75) is 39.2 Å². The summed E-state index contributed by atoms with van der Waals surface area (Å²) in [7, 11) is 0. The first kappa shape index (κ1) is 24.5. The number of aryl methyl sites for hydroxylation is 1. The molecule has 2 aromatic carbocycles. The minimum absolute atomic E-state index is 0.00163.